The third-order valence-corrected chi connectivity index (χ3v) is 13.8. The van der Waals surface area contributed by atoms with Crippen molar-refractivity contribution in [1.29, 1.82) is 0 Å². The zero-order chi connectivity index (χ0) is 36.4. The van der Waals surface area contributed by atoms with Crippen molar-refractivity contribution in [3.05, 3.63) is 216 Å². The predicted octanol–water partition coefficient (Wildman–Crippen LogP) is 10.0. The van der Waals surface area contributed by atoms with E-state index in [4.69, 9.17) is 10.2 Å². The number of rotatable bonds is 6. The van der Waals surface area contributed by atoms with Gasteiger partial charge in [0.1, 0.15) is 0 Å². The van der Waals surface area contributed by atoms with E-state index in [0.29, 0.717) is 6.08 Å². The number of hydrogen-bond donors (Lipinski definition) is 0. The third-order valence-electron chi connectivity index (χ3n) is 8.90. The molecule has 0 heterocycles. The molecule has 6 aromatic rings. The van der Waals surface area contributed by atoms with E-state index in [2.05, 4.69) is 217 Å². The maximum atomic E-state index is 8.24. The number of benzene rings is 6. The average Bonchev–Trinajstić information content (AvgIpc) is 3.36. The molecule has 0 N–H and O–H groups in total. The maximum Gasteiger partial charge on any atom is 2.00 e. The Hall–Kier alpha value is -4.34. The van der Waals surface area contributed by atoms with E-state index in [9.17, 15) is 0 Å². The molecule has 1 aliphatic carbocycles. The summed E-state index contributed by atoms with van der Waals surface area (Å²) in [6.45, 7) is 11.0. The van der Waals surface area contributed by atoms with E-state index in [1.54, 1.807) is 0 Å². The molecule has 0 fully saturated rings. The minimum absolute atomic E-state index is 0. The minimum atomic E-state index is -0.446. The first-order valence-electron chi connectivity index (χ1n) is 17.0. The van der Waals surface area contributed by atoms with Crippen molar-refractivity contribution < 1.29 is 24.3 Å². The summed E-state index contributed by atoms with van der Waals surface area (Å²) in [5, 5.41) is 15.2. The largest absolute Gasteiger partial charge is 2.00 e. The van der Waals surface area contributed by atoms with Gasteiger partial charge in [0.15, 0.2) is 0 Å². The van der Waals surface area contributed by atoms with Gasteiger partial charge in [0.05, 0.1) is 0 Å². The number of hydrogen-bond acceptors (Lipinski definition) is 1. The van der Waals surface area contributed by atoms with Gasteiger partial charge in [-0.05, 0) is 92.6 Å². The molecule has 262 valence electrons. The Morgan fingerprint density at radius 3 is 0.615 bits per heavy atom. The van der Waals surface area contributed by atoms with Gasteiger partial charge in [0.25, 0.3) is 0 Å². The van der Waals surface area contributed by atoms with Crippen LogP contribution in [0.4, 0.5) is 0 Å². The van der Waals surface area contributed by atoms with Crippen molar-refractivity contribution in [2.75, 3.05) is 0 Å². The van der Waals surface area contributed by atoms with Gasteiger partial charge in [0, 0.05) is 5.92 Å². The number of allylic oxidation sites excluding steroid dienone is 4. The molecule has 1 aliphatic rings. The Balaban J connectivity index is 0.000000209. The average molecular weight is 805 g/mol. The first-order valence-corrected chi connectivity index (χ1v) is 19.7. The van der Waals surface area contributed by atoms with Crippen LogP contribution in [0.5, 0.6) is 0 Å². The standard InChI is InChI=1S/2C18H15P.C10H15.CNO.Rh/c2*1-4-10-16(11-5-1)19(17-12-6-2-7-13-17)18-14-8-3-9-15-18;1-6-7(2)9(4)10(5)8(6)3;2-1-3;/h2*1-15H;1-5H3;;/q;;;-1;+2. The molecule has 2 radical (unpaired) electrons. The second kappa shape index (κ2) is 22.6. The predicted molar refractivity (Wildman–Crippen MR) is 225 cm³/mol. The summed E-state index contributed by atoms with van der Waals surface area (Å²) < 4.78 is 0. The number of isocyanates is 1. The Kier molecular flexibility index (Phi) is 18.3. The van der Waals surface area contributed by atoms with Gasteiger partial charge >= 0.3 is 19.5 Å². The summed E-state index contributed by atoms with van der Waals surface area (Å²) in [5.74, 6) is 1.47. The molecule has 0 aliphatic heterocycles. The van der Waals surface area contributed by atoms with Gasteiger partial charge in [-0.25, -0.2) is 0 Å². The molecule has 0 bridgehead atoms. The minimum Gasteiger partial charge on any atom is -0.724 e. The summed E-state index contributed by atoms with van der Waals surface area (Å²) >= 11 is 0. The zero-order valence-electron chi connectivity index (χ0n) is 30.4. The van der Waals surface area contributed by atoms with Crippen LogP contribution in [-0.4, -0.2) is 6.08 Å². The van der Waals surface area contributed by atoms with E-state index in [-0.39, 0.29) is 19.5 Å². The monoisotopic (exact) mass is 804 g/mol. The molecule has 0 saturated heterocycles. The molecule has 6 aromatic carbocycles. The molecule has 5 heteroatoms. The quantitative estimate of drug-likeness (QED) is 0.0716. The molecular formula is C47H45NOP2Rh+. The van der Waals surface area contributed by atoms with Crippen LogP contribution < -0.4 is 31.8 Å². The molecule has 0 unspecified atom stereocenters. The van der Waals surface area contributed by atoms with Crippen LogP contribution in [0, 0.1) is 5.92 Å². The van der Waals surface area contributed by atoms with Crippen molar-refractivity contribution in [3.8, 4) is 0 Å². The van der Waals surface area contributed by atoms with Gasteiger partial charge in [-0.2, -0.15) is 0 Å². The normalized spacial score (nSPS) is 12.0. The van der Waals surface area contributed by atoms with Crippen LogP contribution in [0.25, 0.3) is 5.41 Å². The molecule has 7 rings (SSSR count). The summed E-state index contributed by atoms with van der Waals surface area (Å²) in [6, 6.07) is 64.7. The summed E-state index contributed by atoms with van der Waals surface area (Å²) in [6.07, 6.45) is 0.500. The summed E-state index contributed by atoms with van der Waals surface area (Å²) in [4.78, 5) is 8.24. The van der Waals surface area contributed by atoms with E-state index in [1.165, 1.54) is 60.0 Å². The Bertz CT molecular complexity index is 1670. The van der Waals surface area contributed by atoms with E-state index in [1.807, 2.05) is 0 Å². The van der Waals surface area contributed by atoms with Crippen LogP contribution in [0.1, 0.15) is 34.6 Å². The Labute approximate surface area is 326 Å². The van der Waals surface area contributed by atoms with Crippen LogP contribution in [0.15, 0.2) is 204 Å². The zero-order valence-corrected chi connectivity index (χ0v) is 33.8. The van der Waals surface area contributed by atoms with Gasteiger partial charge < -0.3 is 5.41 Å². The molecule has 0 aromatic heterocycles. The van der Waals surface area contributed by atoms with Crippen molar-refractivity contribution >= 4 is 53.8 Å². The van der Waals surface area contributed by atoms with Crippen molar-refractivity contribution in [1.82, 2.24) is 0 Å². The fourth-order valence-corrected chi connectivity index (χ4v) is 10.4. The molecule has 0 amide bonds. The second-order valence-corrected chi connectivity index (χ2v) is 16.3. The van der Waals surface area contributed by atoms with Crippen molar-refractivity contribution in [2.24, 2.45) is 0 Å². The Morgan fingerprint density at radius 2 is 0.500 bits per heavy atom. The summed E-state index contributed by atoms with van der Waals surface area (Å²) in [5.41, 5.74) is 5.87. The van der Waals surface area contributed by atoms with Gasteiger partial charge in [-0.1, -0.05) is 200 Å². The van der Waals surface area contributed by atoms with Crippen LogP contribution in [0.2, 0.25) is 0 Å². The van der Waals surface area contributed by atoms with Gasteiger partial charge in [-0.15, -0.1) is 0 Å². The van der Waals surface area contributed by atoms with Gasteiger partial charge in [-0.3, -0.25) is 4.79 Å². The van der Waals surface area contributed by atoms with Crippen molar-refractivity contribution in [3.63, 3.8) is 0 Å². The first-order chi connectivity index (χ1) is 24.9. The van der Waals surface area contributed by atoms with E-state index < -0.39 is 15.8 Å². The molecule has 0 saturated carbocycles. The first kappa shape index (κ1) is 42.1. The SMILES string of the molecule is C[C]1C(C)=C(C)C(C)=C1C.[N-]=C=O.[Rh+2].c1ccc(P(c2ccccc2)c2ccccc2)cc1.c1ccc(P(c2ccccc2)c2ccccc2)cc1. The van der Waals surface area contributed by atoms with E-state index >= 15 is 0 Å². The van der Waals surface area contributed by atoms with Crippen LogP contribution in [-0.2, 0) is 24.3 Å². The number of nitrogens with zero attached hydrogens (tertiary/aromatic N) is 1. The van der Waals surface area contributed by atoms with Gasteiger partial charge in [0.2, 0.25) is 0 Å². The molecular weight excluding hydrogens is 759 g/mol. The third kappa shape index (κ3) is 11.9. The Morgan fingerprint density at radius 1 is 0.346 bits per heavy atom. The molecule has 0 atom stereocenters. The van der Waals surface area contributed by atoms with Crippen molar-refractivity contribution in [2.45, 2.75) is 34.6 Å². The van der Waals surface area contributed by atoms with Crippen LogP contribution >= 0.6 is 15.8 Å². The topological polar surface area (TPSA) is 39.4 Å². The molecule has 2 nitrogen and oxygen atoms in total. The summed E-state index contributed by atoms with van der Waals surface area (Å²) in [7, 11) is -0.892. The number of carbonyl (C=O) groups excluding carboxylic acids is 1. The molecule has 52 heavy (non-hydrogen) atoms. The second-order valence-electron chi connectivity index (χ2n) is 11.9. The fraction of sp³-hybridized carbons (Fsp3) is 0.106. The molecule has 0 spiro atoms. The maximum absolute atomic E-state index is 8.24. The smallest absolute Gasteiger partial charge is 0.724 e. The van der Waals surface area contributed by atoms with E-state index in [0.717, 1.165) is 0 Å². The fourth-order valence-electron chi connectivity index (χ4n) is 5.76. The van der Waals surface area contributed by atoms with Crippen LogP contribution in [0.3, 0.4) is 0 Å².